The van der Waals surface area contributed by atoms with E-state index in [0.717, 1.165) is 30.5 Å². The highest BCUT2D eigenvalue weighted by Gasteiger charge is 2.60. The van der Waals surface area contributed by atoms with Crippen molar-refractivity contribution in [1.82, 2.24) is 4.72 Å². The highest BCUT2D eigenvalue weighted by Crippen LogP contribution is 2.54. The Kier molecular flexibility index (Phi) is 8.64. The number of fused-ring (bicyclic) bond motifs is 2. The largest absolute Gasteiger partial charge is 0.389 e. The Bertz CT molecular complexity index is 1510. The van der Waals surface area contributed by atoms with Crippen LogP contribution >= 0.6 is 11.6 Å². The number of amides is 1. The van der Waals surface area contributed by atoms with E-state index in [4.69, 9.17) is 11.6 Å². The van der Waals surface area contributed by atoms with Crippen LogP contribution in [0.4, 0.5) is 14.5 Å². The van der Waals surface area contributed by atoms with Crippen molar-refractivity contribution in [3.63, 3.8) is 0 Å². The number of aliphatic hydroxyl groups is 3. The minimum absolute atomic E-state index is 0.0427. The third kappa shape index (κ3) is 6.03. The van der Waals surface area contributed by atoms with E-state index in [0.29, 0.717) is 12.8 Å². The molecule has 5 N–H and O–H groups in total. The molecule has 40 heavy (non-hydrogen) atoms. The molecule has 0 aliphatic heterocycles. The van der Waals surface area contributed by atoms with Gasteiger partial charge in [-0.3, -0.25) is 4.79 Å². The quantitative estimate of drug-likeness (QED) is 0.282. The standard InChI is InChI=1S/C25H29ClF2N2O8S2/c1-39(35,36)29-12-21(31)23(32)25(34)14-3-4-15(25)10-17(9-14)40(37,38)22-8-13(2-6-18(22)26)24(33)30-16-5-7-19(27)20(28)11-16/h2,5-8,11,14-15,17,21,23,29,31-32,34H,3-4,9-10,12H2,1H3,(H,30,33)/t14-,15?,17?,21?,23?,25?/m0/s1. The van der Waals surface area contributed by atoms with Gasteiger partial charge in [0, 0.05) is 23.9 Å². The van der Waals surface area contributed by atoms with Crippen molar-refractivity contribution in [3.05, 3.63) is 58.6 Å². The van der Waals surface area contributed by atoms with Crippen LogP contribution in [0.15, 0.2) is 41.3 Å². The lowest BCUT2D eigenvalue weighted by atomic mass is 9.70. The van der Waals surface area contributed by atoms with Crippen molar-refractivity contribution in [2.75, 3.05) is 18.1 Å². The maximum atomic E-state index is 13.7. The summed E-state index contributed by atoms with van der Waals surface area (Å²) in [5.41, 5.74) is -1.97. The Labute approximate surface area is 235 Å². The van der Waals surface area contributed by atoms with Gasteiger partial charge in [-0.25, -0.2) is 30.3 Å². The number of aliphatic hydroxyl groups excluding tert-OH is 2. The van der Waals surface area contributed by atoms with E-state index in [1.54, 1.807) is 0 Å². The van der Waals surface area contributed by atoms with Gasteiger partial charge < -0.3 is 20.6 Å². The molecule has 1 amide bonds. The van der Waals surface area contributed by atoms with Crippen molar-refractivity contribution in [1.29, 1.82) is 0 Å². The second-order valence-corrected chi connectivity index (χ2v) is 14.8. The zero-order valence-electron chi connectivity index (χ0n) is 21.2. The number of nitrogens with one attached hydrogen (secondary N) is 2. The van der Waals surface area contributed by atoms with E-state index in [2.05, 4.69) is 10.0 Å². The third-order valence-corrected chi connectivity index (χ3v) is 11.1. The fourth-order valence-corrected chi connectivity index (χ4v) is 8.63. The van der Waals surface area contributed by atoms with Crippen LogP contribution in [0.1, 0.15) is 36.0 Å². The number of hydrogen-bond donors (Lipinski definition) is 5. The van der Waals surface area contributed by atoms with E-state index >= 15 is 0 Å². The molecule has 2 aromatic carbocycles. The molecular weight excluding hydrogens is 594 g/mol. The summed E-state index contributed by atoms with van der Waals surface area (Å²) in [6, 6.07) is 6.36. The van der Waals surface area contributed by atoms with Gasteiger partial charge in [-0.05, 0) is 67.9 Å². The Morgan fingerprint density at radius 2 is 1.68 bits per heavy atom. The van der Waals surface area contributed by atoms with Gasteiger partial charge in [0.15, 0.2) is 21.5 Å². The lowest BCUT2D eigenvalue weighted by Crippen LogP contribution is -2.60. The van der Waals surface area contributed by atoms with Crippen LogP contribution in [0.5, 0.6) is 0 Å². The maximum Gasteiger partial charge on any atom is 0.255 e. The van der Waals surface area contributed by atoms with Crippen LogP contribution in [0.25, 0.3) is 0 Å². The third-order valence-electron chi connectivity index (χ3n) is 7.78. The molecule has 2 fully saturated rings. The van der Waals surface area contributed by atoms with Gasteiger partial charge in [-0.15, -0.1) is 0 Å². The molecular formula is C25H29ClF2N2O8S2. The van der Waals surface area contributed by atoms with Gasteiger partial charge in [0.2, 0.25) is 10.0 Å². The Morgan fingerprint density at radius 1 is 1.05 bits per heavy atom. The smallest absolute Gasteiger partial charge is 0.255 e. The number of benzene rings is 2. The van der Waals surface area contributed by atoms with E-state index in [9.17, 15) is 45.7 Å². The fourth-order valence-electron chi connectivity index (χ4n) is 5.75. The zero-order valence-corrected chi connectivity index (χ0v) is 23.6. The molecule has 5 unspecified atom stereocenters. The normalized spacial score (nSPS) is 26.3. The summed E-state index contributed by atoms with van der Waals surface area (Å²) < 4.78 is 78.9. The summed E-state index contributed by atoms with van der Waals surface area (Å²) in [6.45, 7) is -0.529. The van der Waals surface area contributed by atoms with Crippen LogP contribution in [-0.2, 0) is 19.9 Å². The number of sulfonamides is 1. The average Bonchev–Trinajstić information content (AvgIpc) is 3.04. The van der Waals surface area contributed by atoms with E-state index < -0.39 is 78.8 Å². The first-order valence-corrected chi connectivity index (χ1v) is 16.2. The molecule has 6 atom stereocenters. The van der Waals surface area contributed by atoms with Crippen molar-refractivity contribution < 1.29 is 45.7 Å². The summed E-state index contributed by atoms with van der Waals surface area (Å²) in [6.07, 6.45) is -1.86. The van der Waals surface area contributed by atoms with Gasteiger partial charge in [0.1, 0.15) is 6.10 Å². The Hall–Kier alpha value is -2.20. The van der Waals surface area contributed by atoms with E-state index in [1.165, 1.54) is 12.1 Å². The number of rotatable bonds is 9. The highest BCUT2D eigenvalue weighted by molar-refractivity contribution is 7.92. The van der Waals surface area contributed by atoms with Crippen LogP contribution in [0.3, 0.4) is 0 Å². The van der Waals surface area contributed by atoms with Crippen LogP contribution in [-0.4, -0.2) is 73.9 Å². The second kappa shape index (κ2) is 11.2. The van der Waals surface area contributed by atoms with Crippen LogP contribution < -0.4 is 10.0 Å². The minimum Gasteiger partial charge on any atom is -0.389 e. The molecule has 0 spiro atoms. The molecule has 2 aliphatic rings. The number of halogens is 3. The first kappa shape index (κ1) is 30.8. The molecule has 220 valence electrons. The lowest BCUT2D eigenvalue weighted by molar-refractivity contribution is -0.174. The van der Waals surface area contributed by atoms with Gasteiger partial charge in [0.25, 0.3) is 5.91 Å². The molecule has 4 rings (SSSR count). The van der Waals surface area contributed by atoms with Crippen molar-refractivity contribution in [2.24, 2.45) is 11.8 Å². The van der Waals surface area contributed by atoms with E-state index in [1.807, 2.05) is 0 Å². The predicted molar refractivity (Wildman–Crippen MR) is 142 cm³/mol. The molecule has 0 heterocycles. The predicted octanol–water partition coefficient (Wildman–Crippen LogP) is 1.83. The number of carbonyl (C=O) groups excluding carboxylic acids is 1. The van der Waals surface area contributed by atoms with E-state index in [-0.39, 0.29) is 34.0 Å². The first-order chi connectivity index (χ1) is 18.5. The van der Waals surface area contributed by atoms with Crippen LogP contribution in [0, 0.1) is 23.5 Å². The summed E-state index contributed by atoms with van der Waals surface area (Å²) in [4.78, 5) is 12.4. The molecule has 0 aromatic heterocycles. The van der Waals surface area contributed by atoms with Gasteiger partial charge >= 0.3 is 0 Å². The summed E-state index contributed by atoms with van der Waals surface area (Å²) in [5, 5.41) is 33.8. The fraction of sp³-hybridized carbons (Fsp3) is 0.480. The molecule has 10 nitrogen and oxygen atoms in total. The highest BCUT2D eigenvalue weighted by atomic mass is 35.5. The lowest BCUT2D eigenvalue weighted by Gasteiger charge is -2.46. The molecule has 0 radical (unpaired) electrons. The molecule has 2 saturated carbocycles. The zero-order chi connectivity index (χ0) is 29.6. The van der Waals surface area contributed by atoms with Gasteiger partial charge in [0.05, 0.1) is 33.1 Å². The second-order valence-electron chi connectivity index (χ2n) is 10.4. The average molecular weight is 623 g/mol. The Morgan fingerprint density at radius 3 is 2.25 bits per heavy atom. The summed E-state index contributed by atoms with van der Waals surface area (Å²) >= 11 is 6.23. The molecule has 2 aliphatic carbocycles. The van der Waals surface area contributed by atoms with Crippen LogP contribution in [0.2, 0.25) is 5.02 Å². The number of anilines is 1. The number of sulfone groups is 1. The van der Waals surface area contributed by atoms with Crippen molar-refractivity contribution in [3.8, 4) is 0 Å². The molecule has 2 bridgehead atoms. The summed E-state index contributed by atoms with van der Waals surface area (Å²) in [5.74, 6) is -4.48. The Balaban J connectivity index is 1.54. The molecule has 15 heteroatoms. The monoisotopic (exact) mass is 622 g/mol. The van der Waals surface area contributed by atoms with Gasteiger partial charge in [-0.2, -0.15) is 0 Å². The molecule has 0 saturated heterocycles. The number of hydrogen-bond acceptors (Lipinski definition) is 8. The maximum absolute atomic E-state index is 13.7. The van der Waals surface area contributed by atoms with Gasteiger partial charge in [-0.1, -0.05) is 11.6 Å². The number of carbonyl (C=O) groups is 1. The SMILES string of the molecule is CS(=O)(=O)NCC(O)C(O)C1(O)C2CC[C@H]1CC(S(=O)(=O)c1cc(C(=O)Nc3ccc(F)c(F)c3)ccc1Cl)C2. The first-order valence-electron chi connectivity index (χ1n) is 12.4. The topological polar surface area (TPSA) is 170 Å². The van der Waals surface area contributed by atoms with Crippen molar-refractivity contribution in [2.45, 2.75) is 53.6 Å². The van der Waals surface area contributed by atoms with Crippen molar-refractivity contribution >= 4 is 43.1 Å². The minimum atomic E-state index is -4.15. The molecule has 2 aromatic rings. The summed E-state index contributed by atoms with van der Waals surface area (Å²) in [7, 11) is -7.82.